The van der Waals surface area contributed by atoms with Crippen LogP contribution in [0.3, 0.4) is 0 Å². The molecule has 0 bridgehead atoms. The van der Waals surface area contributed by atoms with Gasteiger partial charge in [0.1, 0.15) is 0 Å². The van der Waals surface area contributed by atoms with Crippen molar-refractivity contribution in [3.05, 3.63) is 65.7 Å². The molecule has 2 aromatic carbocycles. The lowest BCUT2D eigenvalue weighted by Gasteiger charge is -2.29. The number of amides is 4. The molecule has 0 saturated carbocycles. The van der Waals surface area contributed by atoms with E-state index in [9.17, 15) is 24.3 Å². The SMILES string of the molecule is COc1cc(/C=C/C(=O)C2C(=O)NC(=O)N(CCc3ccccc3)C2=O)ccc1O. The van der Waals surface area contributed by atoms with Crippen molar-refractivity contribution in [2.24, 2.45) is 5.92 Å². The Bertz CT molecular complexity index is 1020. The van der Waals surface area contributed by atoms with Crippen LogP contribution in [0.15, 0.2) is 54.6 Å². The number of methoxy groups -OCH3 is 1. The maximum absolute atomic E-state index is 12.7. The Labute approximate surface area is 172 Å². The number of urea groups is 1. The first kappa shape index (κ1) is 20.8. The highest BCUT2D eigenvalue weighted by Crippen LogP contribution is 2.27. The van der Waals surface area contributed by atoms with E-state index in [2.05, 4.69) is 5.32 Å². The summed E-state index contributed by atoms with van der Waals surface area (Å²) in [5.41, 5.74) is 1.44. The fraction of sp³-hybridized carbons (Fsp3) is 0.182. The van der Waals surface area contributed by atoms with E-state index in [0.29, 0.717) is 12.0 Å². The number of ketones is 1. The Morgan fingerprint density at radius 1 is 1.17 bits per heavy atom. The number of hydrogen-bond acceptors (Lipinski definition) is 6. The molecule has 30 heavy (non-hydrogen) atoms. The van der Waals surface area contributed by atoms with Crippen LogP contribution in [0.25, 0.3) is 6.08 Å². The smallest absolute Gasteiger partial charge is 0.330 e. The van der Waals surface area contributed by atoms with Gasteiger partial charge < -0.3 is 9.84 Å². The lowest BCUT2D eigenvalue weighted by molar-refractivity contribution is -0.146. The van der Waals surface area contributed by atoms with Crippen molar-refractivity contribution in [1.29, 1.82) is 0 Å². The van der Waals surface area contributed by atoms with Gasteiger partial charge in [-0.1, -0.05) is 42.5 Å². The van der Waals surface area contributed by atoms with Gasteiger partial charge in [-0.2, -0.15) is 0 Å². The van der Waals surface area contributed by atoms with Crippen LogP contribution in [-0.2, 0) is 20.8 Å². The molecule has 4 amide bonds. The van der Waals surface area contributed by atoms with Gasteiger partial charge in [0, 0.05) is 6.54 Å². The van der Waals surface area contributed by atoms with E-state index in [1.807, 2.05) is 30.3 Å². The molecule has 0 radical (unpaired) electrons. The molecule has 1 unspecified atom stereocenters. The maximum atomic E-state index is 12.7. The van der Waals surface area contributed by atoms with Crippen LogP contribution >= 0.6 is 0 Å². The fourth-order valence-electron chi connectivity index (χ4n) is 3.03. The Hall–Kier alpha value is -3.94. The molecule has 0 spiro atoms. The van der Waals surface area contributed by atoms with Gasteiger partial charge in [0.15, 0.2) is 23.2 Å². The Morgan fingerprint density at radius 2 is 1.90 bits per heavy atom. The van der Waals surface area contributed by atoms with E-state index in [1.54, 1.807) is 6.07 Å². The first-order valence-electron chi connectivity index (χ1n) is 9.19. The normalized spacial score (nSPS) is 16.6. The number of rotatable bonds is 7. The van der Waals surface area contributed by atoms with E-state index in [0.717, 1.165) is 16.5 Å². The molecule has 0 aromatic heterocycles. The highest BCUT2D eigenvalue weighted by atomic mass is 16.5. The van der Waals surface area contributed by atoms with Gasteiger partial charge in [-0.05, 0) is 35.8 Å². The van der Waals surface area contributed by atoms with Gasteiger partial charge in [-0.15, -0.1) is 0 Å². The summed E-state index contributed by atoms with van der Waals surface area (Å²) < 4.78 is 5.00. The standard InChI is InChI=1S/C22H20N2O6/c1-30-18-13-15(7-9-16(18)25)8-10-17(26)19-20(27)23-22(29)24(21(19)28)12-11-14-5-3-2-4-6-14/h2-10,13,19,25H,11-12H2,1H3,(H,23,27,29)/b10-8+. The number of phenols is 1. The molecule has 2 aromatic rings. The number of allylic oxidation sites excluding steroid dienone is 1. The minimum absolute atomic E-state index is 0.0462. The number of carbonyl (C=O) groups is 4. The van der Waals surface area contributed by atoms with E-state index < -0.39 is 29.5 Å². The van der Waals surface area contributed by atoms with Crippen molar-refractivity contribution in [2.75, 3.05) is 13.7 Å². The predicted octanol–water partition coefficient (Wildman–Crippen LogP) is 1.92. The van der Waals surface area contributed by atoms with Crippen molar-refractivity contribution >= 4 is 29.7 Å². The van der Waals surface area contributed by atoms with Gasteiger partial charge in [0.2, 0.25) is 5.91 Å². The molecule has 8 heteroatoms. The number of barbiturate groups is 1. The summed E-state index contributed by atoms with van der Waals surface area (Å²) >= 11 is 0. The third-order valence-corrected chi connectivity index (χ3v) is 4.65. The number of ether oxygens (including phenoxy) is 1. The van der Waals surface area contributed by atoms with Crippen LogP contribution in [0.1, 0.15) is 11.1 Å². The highest BCUT2D eigenvalue weighted by molar-refractivity contribution is 6.28. The number of nitrogens with one attached hydrogen (secondary N) is 1. The largest absolute Gasteiger partial charge is 0.504 e. The summed E-state index contributed by atoms with van der Waals surface area (Å²) in [4.78, 5) is 50.4. The third-order valence-electron chi connectivity index (χ3n) is 4.65. The molecule has 2 N–H and O–H groups in total. The van der Waals surface area contributed by atoms with Crippen LogP contribution in [0, 0.1) is 5.92 Å². The zero-order chi connectivity index (χ0) is 21.7. The molecule has 0 aliphatic carbocycles. The number of aromatic hydroxyl groups is 1. The van der Waals surface area contributed by atoms with Crippen molar-refractivity contribution in [3.8, 4) is 11.5 Å². The number of phenolic OH excluding ortho intramolecular Hbond substituents is 1. The fourth-order valence-corrected chi connectivity index (χ4v) is 3.03. The van der Waals surface area contributed by atoms with Crippen molar-refractivity contribution in [3.63, 3.8) is 0 Å². The molecule has 1 aliphatic rings. The third kappa shape index (κ3) is 4.54. The predicted molar refractivity (Wildman–Crippen MR) is 108 cm³/mol. The van der Waals surface area contributed by atoms with E-state index >= 15 is 0 Å². The summed E-state index contributed by atoms with van der Waals surface area (Å²) in [5.74, 6) is -4.02. The summed E-state index contributed by atoms with van der Waals surface area (Å²) in [6, 6.07) is 12.8. The number of benzene rings is 2. The summed E-state index contributed by atoms with van der Waals surface area (Å²) in [7, 11) is 1.39. The molecule has 8 nitrogen and oxygen atoms in total. The van der Waals surface area contributed by atoms with Gasteiger partial charge in [-0.25, -0.2) is 4.79 Å². The molecular weight excluding hydrogens is 388 g/mol. The number of carbonyl (C=O) groups excluding carboxylic acids is 4. The Kier molecular flexibility index (Phi) is 6.26. The molecule has 1 heterocycles. The van der Waals surface area contributed by atoms with Crippen molar-refractivity contribution in [1.82, 2.24) is 10.2 Å². The molecule has 1 aliphatic heterocycles. The van der Waals surface area contributed by atoms with E-state index in [4.69, 9.17) is 4.74 Å². The Balaban J connectivity index is 1.73. The molecule has 3 rings (SSSR count). The van der Waals surface area contributed by atoms with Crippen LogP contribution in [0.5, 0.6) is 11.5 Å². The number of hydrogen-bond donors (Lipinski definition) is 2. The summed E-state index contributed by atoms with van der Waals surface area (Å²) in [6.07, 6.45) is 2.90. The molecule has 1 fully saturated rings. The average Bonchev–Trinajstić information content (AvgIpc) is 2.73. The second-order valence-corrected chi connectivity index (χ2v) is 6.62. The average molecular weight is 408 g/mol. The van der Waals surface area contributed by atoms with Crippen LogP contribution in [0.4, 0.5) is 4.79 Å². The minimum atomic E-state index is -1.63. The van der Waals surface area contributed by atoms with Gasteiger partial charge in [-0.3, -0.25) is 24.6 Å². The maximum Gasteiger partial charge on any atom is 0.330 e. The molecule has 1 atom stereocenters. The molecule has 1 saturated heterocycles. The molecule has 154 valence electrons. The highest BCUT2D eigenvalue weighted by Gasteiger charge is 2.43. The zero-order valence-corrected chi connectivity index (χ0v) is 16.2. The van der Waals surface area contributed by atoms with Gasteiger partial charge >= 0.3 is 6.03 Å². The van der Waals surface area contributed by atoms with Crippen LogP contribution in [0.2, 0.25) is 0 Å². The summed E-state index contributed by atoms with van der Waals surface area (Å²) in [5, 5.41) is 11.7. The van der Waals surface area contributed by atoms with Gasteiger partial charge in [0.25, 0.3) is 5.91 Å². The lowest BCUT2D eigenvalue weighted by Crippen LogP contribution is -2.60. The van der Waals surface area contributed by atoms with E-state index in [1.165, 1.54) is 25.3 Å². The first-order chi connectivity index (χ1) is 14.4. The van der Waals surface area contributed by atoms with Crippen molar-refractivity contribution < 1.29 is 29.0 Å². The second-order valence-electron chi connectivity index (χ2n) is 6.62. The second kappa shape index (κ2) is 9.04. The van der Waals surface area contributed by atoms with E-state index in [-0.39, 0.29) is 18.0 Å². The topological polar surface area (TPSA) is 113 Å². The van der Waals surface area contributed by atoms with Crippen LogP contribution < -0.4 is 10.1 Å². The number of imide groups is 2. The Morgan fingerprint density at radius 3 is 2.60 bits per heavy atom. The zero-order valence-electron chi connectivity index (χ0n) is 16.2. The minimum Gasteiger partial charge on any atom is -0.504 e. The first-order valence-corrected chi connectivity index (χ1v) is 9.19. The monoisotopic (exact) mass is 408 g/mol. The van der Waals surface area contributed by atoms with Gasteiger partial charge in [0.05, 0.1) is 7.11 Å². The van der Waals surface area contributed by atoms with Crippen LogP contribution in [-0.4, -0.2) is 47.3 Å². The molecular formula is C22H20N2O6. The quantitative estimate of drug-likeness (QED) is 0.535. The lowest BCUT2D eigenvalue weighted by atomic mass is 9.98. The summed E-state index contributed by atoms with van der Waals surface area (Å²) in [6.45, 7) is 0.0462. The number of nitrogens with zero attached hydrogens (tertiary/aromatic N) is 1. The van der Waals surface area contributed by atoms with Crippen molar-refractivity contribution in [2.45, 2.75) is 6.42 Å².